The molecule has 4 heteroatoms. The molecule has 1 heterocycles. The first-order chi connectivity index (χ1) is 14.2. The Morgan fingerprint density at radius 1 is 0.931 bits per heavy atom. The van der Waals surface area contributed by atoms with Crippen LogP contribution in [0.15, 0.2) is 89.2 Å². The lowest BCUT2D eigenvalue weighted by molar-refractivity contribution is 0.415. The third kappa shape index (κ3) is 4.66. The highest BCUT2D eigenvalue weighted by atomic mass is 32.1. The van der Waals surface area contributed by atoms with Crippen LogP contribution >= 0.6 is 11.3 Å². The number of hydrogen-bond donors (Lipinski definition) is 0. The molecule has 4 rings (SSSR count). The van der Waals surface area contributed by atoms with Crippen molar-refractivity contribution in [2.45, 2.75) is 19.9 Å². The third-order valence-corrected chi connectivity index (χ3v) is 5.72. The molecule has 1 aromatic heterocycles. The highest BCUT2D eigenvalue weighted by Crippen LogP contribution is 2.25. The Bertz CT molecular complexity index is 1160. The molecule has 4 aromatic rings. The second-order valence-electron chi connectivity index (χ2n) is 6.97. The molecular weight excluding hydrogens is 376 g/mol. The molecule has 3 nitrogen and oxygen atoms in total. The smallest absolute Gasteiger partial charge is 0.190 e. The number of methoxy groups -OCH3 is 1. The van der Waals surface area contributed by atoms with Crippen molar-refractivity contribution >= 4 is 17.0 Å². The average Bonchev–Trinajstić information content (AvgIpc) is 3.15. The van der Waals surface area contributed by atoms with Crippen molar-refractivity contribution in [3.05, 3.63) is 100 Å². The Balaban J connectivity index is 1.77. The number of aromatic nitrogens is 1. The maximum absolute atomic E-state index is 5.43. The molecule has 0 atom stereocenters. The van der Waals surface area contributed by atoms with E-state index in [4.69, 9.17) is 9.73 Å². The van der Waals surface area contributed by atoms with Gasteiger partial charge in [0.15, 0.2) is 4.80 Å². The van der Waals surface area contributed by atoms with Crippen LogP contribution in [0.5, 0.6) is 5.75 Å². The molecule has 146 valence electrons. The monoisotopic (exact) mass is 400 g/mol. The summed E-state index contributed by atoms with van der Waals surface area (Å²) in [5, 5.41) is 2.19. The van der Waals surface area contributed by atoms with Crippen LogP contribution in [-0.2, 0) is 13.0 Å². The minimum Gasteiger partial charge on any atom is -0.497 e. The van der Waals surface area contributed by atoms with E-state index < -0.39 is 0 Å². The molecule has 0 unspecified atom stereocenters. The molecule has 29 heavy (non-hydrogen) atoms. The van der Waals surface area contributed by atoms with Crippen LogP contribution in [0, 0.1) is 6.92 Å². The summed E-state index contributed by atoms with van der Waals surface area (Å²) in [6.07, 6.45) is 0.954. The van der Waals surface area contributed by atoms with E-state index in [0.29, 0.717) is 0 Å². The summed E-state index contributed by atoms with van der Waals surface area (Å²) in [6, 6.07) is 27.1. The van der Waals surface area contributed by atoms with Crippen LogP contribution in [0.2, 0.25) is 0 Å². The highest BCUT2D eigenvalue weighted by molar-refractivity contribution is 7.07. The topological polar surface area (TPSA) is 26.5 Å². The number of aryl methyl sites for hydroxylation is 2. The number of thiazole rings is 1. The quantitative estimate of drug-likeness (QED) is 0.389. The third-order valence-electron chi connectivity index (χ3n) is 4.86. The van der Waals surface area contributed by atoms with Crippen molar-refractivity contribution < 1.29 is 4.74 Å². The minimum absolute atomic E-state index is 0.862. The van der Waals surface area contributed by atoms with Gasteiger partial charge in [-0.25, -0.2) is 4.99 Å². The SMILES string of the molecule is COc1cccc(-c2csc(=Nc3cccc(C)c3)n2CCc2ccccc2)c1. The number of rotatable bonds is 6. The van der Waals surface area contributed by atoms with Gasteiger partial charge in [0.05, 0.1) is 18.5 Å². The van der Waals surface area contributed by atoms with Gasteiger partial charge in [-0.15, -0.1) is 11.3 Å². The van der Waals surface area contributed by atoms with E-state index in [1.54, 1.807) is 18.4 Å². The molecule has 0 spiro atoms. The van der Waals surface area contributed by atoms with Gasteiger partial charge in [-0.05, 0) is 48.7 Å². The van der Waals surface area contributed by atoms with Gasteiger partial charge in [0.1, 0.15) is 5.75 Å². The van der Waals surface area contributed by atoms with Gasteiger partial charge in [-0.1, -0.05) is 54.6 Å². The van der Waals surface area contributed by atoms with Crippen molar-refractivity contribution in [2.75, 3.05) is 7.11 Å². The van der Waals surface area contributed by atoms with Crippen molar-refractivity contribution in [1.82, 2.24) is 4.57 Å². The van der Waals surface area contributed by atoms with E-state index in [2.05, 4.69) is 83.6 Å². The molecule has 0 aliphatic carbocycles. The van der Waals surface area contributed by atoms with Crippen LogP contribution in [-0.4, -0.2) is 11.7 Å². The Kier molecular flexibility index (Phi) is 5.92. The van der Waals surface area contributed by atoms with Crippen LogP contribution < -0.4 is 9.54 Å². The van der Waals surface area contributed by atoms with Crippen LogP contribution in [0.1, 0.15) is 11.1 Å². The first kappa shape index (κ1) is 19.2. The largest absolute Gasteiger partial charge is 0.497 e. The Morgan fingerprint density at radius 3 is 2.55 bits per heavy atom. The normalized spacial score (nSPS) is 11.6. The molecule has 0 saturated heterocycles. The summed E-state index contributed by atoms with van der Waals surface area (Å²) in [5.74, 6) is 0.862. The van der Waals surface area contributed by atoms with Crippen molar-refractivity contribution in [1.29, 1.82) is 0 Å². The Morgan fingerprint density at radius 2 is 1.76 bits per heavy atom. The van der Waals surface area contributed by atoms with E-state index in [1.165, 1.54) is 11.1 Å². The molecule has 3 aromatic carbocycles. The van der Waals surface area contributed by atoms with Crippen LogP contribution in [0.4, 0.5) is 5.69 Å². The van der Waals surface area contributed by atoms with Crippen LogP contribution in [0.3, 0.4) is 0 Å². The molecule has 0 amide bonds. The van der Waals surface area contributed by atoms with Gasteiger partial charge in [0, 0.05) is 17.5 Å². The molecule has 0 aliphatic rings. The van der Waals surface area contributed by atoms with Crippen molar-refractivity contribution in [3.8, 4) is 17.0 Å². The Labute approximate surface area is 175 Å². The van der Waals surface area contributed by atoms with Gasteiger partial charge in [-0.3, -0.25) is 0 Å². The highest BCUT2D eigenvalue weighted by Gasteiger charge is 2.10. The summed E-state index contributed by atoms with van der Waals surface area (Å²) in [4.78, 5) is 5.96. The predicted molar refractivity (Wildman–Crippen MR) is 121 cm³/mol. The zero-order chi connectivity index (χ0) is 20.1. The average molecular weight is 401 g/mol. The maximum atomic E-state index is 5.43. The maximum Gasteiger partial charge on any atom is 0.190 e. The lowest BCUT2D eigenvalue weighted by Gasteiger charge is -2.10. The fraction of sp³-hybridized carbons (Fsp3) is 0.160. The van der Waals surface area contributed by atoms with E-state index in [0.717, 1.165) is 40.5 Å². The van der Waals surface area contributed by atoms with Gasteiger partial charge >= 0.3 is 0 Å². The van der Waals surface area contributed by atoms with Crippen molar-refractivity contribution in [2.24, 2.45) is 4.99 Å². The zero-order valence-electron chi connectivity index (χ0n) is 16.7. The molecule has 0 aliphatic heterocycles. The van der Waals surface area contributed by atoms with E-state index in [9.17, 15) is 0 Å². The molecule has 0 fully saturated rings. The first-order valence-electron chi connectivity index (χ1n) is 9.71. The van der Waals surface area contributed by atoms with E-state index in [1.807, 2.05) is 12.1 Å². The zero-order valence-corrected chi connectivity index (χ0v) is 17.5. The molecule has 0 bridgehead atoms. The summed E-state index contributed by atoms with van der Waals surface area (Å²) < 4.78 is 7.75. The number of ether oxygens (including phenoxy) is 1. The summed E-state index contributed by atoms with van der Waals surface area (Å²) in [6.45, 7) is 2.96. The summed E-state index contributed by atoms with van der Waals surface area (Å²) in [5.41, 5.74) is 5.82. The number of hydrogen-bond acceptors (Lipinski definition) is 3. The standard InChI is InChI=1S/C25H24N2OS/c1-19-8-6-12-22(16-19)26-25-27(15-14-20-9-4-3-5-10-20)24(18-29-25)21-11-7-13-23(17-21)28-2/h3-13,16-18H,14-15H2,1-2H3. The fourth-order valence-corrected chi connectivity index (χ4v) is 4.30. The molecule has 0 N–H and O–H groups in total. The first-order valence-corrected chi connectivity index (χ1v) is 10.6. The minimum atomic E-state index is 0.862. The summed E-state index contributed by atoms with van der Waals surface area (Å²) in [7, 11) is 1.70. The lowest BCUT2D eigenvalue weighted by Crippen LogP contribution is -2.17. The Hall–Kier alpha value is -3.11. The van der Waals surface area contributed by atoms with E-state index in [-0.39, 0.29) is 0 Å². The number of nitrogens with zero attached hydrogens (tertiary/aromatic N) is 2. The fourth-order valence-electron chi connectivity index (χ4n) is 3.34. The van der Waals surface area contributed by atoms with Gasteiger partial charge in [0.2, 0.25) is 0 Å². The lowest BCUT2D eigenvalue weighted by atomic mass is 10.1. The number of benzene rings is 3. The second kappa shape index (κ2) is 8.93. The van der Waals surface area contributed by atoms with Gasteiger partial charge < -0.3 is 9.30 Å². The molecule has 0 radical (unpaired) electrons. The second-order valence-corrected chi connectivity index (χ2v) is 7.81. The molecular formula is C25H24N2OS. The summed E-state index contributed by atoms with van der Waals surface area (Å²) >= 11 is 1.68. The molecule has 0 saturated carbocycles. The van der Waals surface area contributed by atoms with Crippen LogP contribution in [0.25, 0.3) is 11.3 Å². The van der Waals surface area contributed by atoms with Gasteiger partial charge in [0.25, 0.3) is 0 Å². The van der Waals surface area contributed by atoms with E-state index >= 15 is 0 Å². The van der Waals surface area contributed by atoms with Gasteiger partial charge in [-0.2, -0.15) is 0 Å². The predicted octanol–water partition coefficient (Wildman–Crippen LogP) is 6.01. The van der Waals surface area contributed by atoms with Crippen molar-refractivity contribution in [3.63, 3.8) is 0 Å².